The van der Waals surface area contributed by atoms with Gasteiger partial charge in [-0.05, 0) is 30.9 Å². The maximum absolute atomic E-state index is 13.3. The summed E-state index contributed by atoms with van der Waals surface area (Å²) >= 11 is 0. The predicted molar refractivity (Wildman–Crippen MR) is 102 cm³/mol. The van der Waals surface area contributed by atoms with E-state index in [4.69, 9.17) is 0 Å². The summed E-state index contributed by atoms with van der Waals surface area (Å²) in [5, 5.41) is 6.55. The summed E-state index contributed by atoms with van der Waals surface area (Å²) in [4.78, 5) is 6.27. The summed E-state index contributed by atoms with van der Waals surface area (Å²) in [5.41, 5.74) is 0.745. The molecule has 2 N–H and O–H groups in total. The summed E-state index contributed by atoms with van der Waals surface area (Å²) in [7, 11) is 1.76. The Morgan fingerprint density at radius 2 is 2.09 bits per heavy atom. The van der Waals surface area contributed by atoms with E-state index in [2.05, 4.69) is 27.4 Å². The van der Waals surface area contributed by atoms with Crippen molar-refractivity contribution in [3.8, 4) is 0 Å². The number of nitrogens with one attached hydrogen (secondary N) is 2. The molecule has 2 rings (SSSR count). The van der Waals surface area contributed by atoms with Crippen molar-refractivity contribution in [3.05, 3.63) is 29.8 Å². The van der Waals surface area contributed by atoms with Crippen molar-refractivity contribution in [2.45, 2.75) is 19.8 Å². The molecule has 0 saturated carbocycles. The zero-order valence-electron chi connectivity index (χ0n) is 13.6. The predicted octanol–water partition coefficient (Wildman–Crippen LogP) is 2.98. The van der Waals surface area contributed by atoms with Crippen LogP contribution in [0.1, 0.15) is 19.8 Å². The summed E-state index contributed by atoms with van der Waals surface area (Å²) in [6.07, 6.45) is 2.07. The van der Waals surface area contributed by atoms with E-state index in [0.29, 0.717) is 5.92 Å². The fourth-order valence-corrected chi connectivity index (χ4v) is 2.62. The van der Waals surface area contributed by atoms with E-state index in [0.717, 1.165) is 50.7 Å². The molecule has 1 fully saturated rings. The summed E-state index contributed by atoms with van der Waals surface area (Å²) in [6, 6.07) is 4.09. The highest BCUT2D eigenvalue weighted by atomic mass is 127. The normalized spacial score (nSPS) is 17.8. The molecule has 1 heterocycles. The molecule has 0 bridgehead atoms. The lowest BCUT2D eigenvalue weighted by Crippen LogP contribution is -2.40. The smallest absolute Gasteiger partial charge is 0.190 e. The van der Waals surface area contributed by atoms with Crippen LogP contribution in [-0.2, 0) is 0 Å². The van der Waals surface area contributed by atoms with E-state index in [-0.39, 0.29) is 24.0 Å². The molecule has 1 aliphatic rings. The molecule has 0 amide bonds. The molecule has 0 aromatic heterocycles. The number of hydrogen-bond acceptors (Lipinski definition) is 2. The number of guanidine groups is 1. The molecule has 0 aliphatic carbocycles. The molecule has 1 aromatic rings. The summed E-state index contributed by atoms with van der Waals surface area (Å²) in [6.45, 7) is 5.52. The highest BCUT2D eigenvalue weighted by molar-refractivity contribution is 14.0. The van der Waals surface area contributed by atoms with Crippen LogP contribution in [0, 0.1) is 17.6 Å². The van der Waals surface area contributed by atoms with Gasteiger partial charge < -0.3 is 15.5 Å². The molecule has 1 aliphatic heterocycles. The molecule has 23 heavy (non-hydrogen) atoms. The minimum Gasteiger partial charge on any atom is -0.371 e. The van der Waals surface area contributed by atoms with Crippen LogP contribution < -0.4 is 15.5 Å². The molecule has 1 unspecified atom stereocenters. The highest BCUT2D eigenvalue weighted by Gasteiger charge is 2.23. The Balaban J connectivity index is 0.00000264. The van der Waals surface area contributed by atoms with Crippen LogP contribution in [0.25, 0.3) is 0 Å². The third kappa shape index (κ3) is 5.78. The maximum atomic E-state index is 13.3. The van der Waals surface area contributed by atoms with Gasteiger partial charge in [0.25, 0.3) is 0 Å². The number of rotatable bonds is 5. The first kappa shape index (κ1) is 19.9. The number of anilines is 1. The quantitative estimate of drug-likeness (QED) is 0.422. The van der Waals surface area contributed by atoms with Crippen LogP contribution in [0.15, 0.2) is 23.2 Å². The lowest BCUT2D eigenvalue weighted by molar-refractivity contribution is 0.508. The number of benzene rings is 1. The number of nitrogens with zero attached hydrogens (tertiary/aromatic N) is 2. The van der Waals surface area contributed by atoms with Crippen LogP contribution in [0.2, 0.25) is 0 Å². The Hall–Kier alpha value is -1.12. The van der Waals surface area contributed by atoms with Crippen molar-refractivity contribution in [3.63, 3.8) is 0 Å². The third-order valence-electron chi connectivity index (χ3n) is 3.88. The molecule has 4 nitrogen and oxygen atoms in total. The van der Waals surface area contributed by atoms with Gasteiger partial charge >= 0.3 is 0 Å². The van der Waals surface area contributed by atoms with E-state index in [1.807, 2.05) is 0 Å². The minimum atomic E-state index is -0.799. The van der Waals surface area contributed by atoms with Gasteiger partial charge in [-0.25, -0.2) is 8.78 Å². The molecule has 0 spiro atoms. The van der Waals surface area contributed by atoms with Crippen molar-refractivity contribution in [1.82, 2.24) is 10.6 Å². The van der Waals surface area contributed by atoms with Gasteiger partial charge in [0, 0.05) is 45.0 Å². The Labute approximate surface area is 153 Å². The van der Waals surface area contributed by atoms with E-state index in [9.17, 15) is 8.78 Å². The van der Waals surface area contributed by atoms with E-state index >= 15 is 0 Å². The van der Waals surface area contributed by atoms with Crippen molar-refractivity contribution in [2.24, 2.45) is 10.9 Å². The van der Waals surface area contributed by atoms with Crippen LogP contribution in [0.4, 0.5) is 14.5 Å². The van der Waals surface area contributed by atoms with Crippen LogP contribution in [0.5, 0.6) is 0 Å². The molecule has 130 valence electrons. The molecule has 7 heteroatoms. The van der Waals surface area contributed by atoms with Crippen molar-refractivity contribution < 1.29 is 8.78 Å². The van der Waals surface area contributed by atoms with Gasteiger partial charge in [0.15, 0.2) is 17.6 Å². The molecule has 0 radical (unpaired) electrons. The topological polar surface area (TPSA) is 39.7 Å². The van der Waals surface area contributed by atoms with Crippen LogP contribution in [0.3, 0.4) is 0 Å². The molecule has 1 aromatic carbocycles. The Morgan fingerprint density at radius 1 is 1.30 bits per heavy atom. The largest absolute Gasteiger partial charge is 0.371 e. The first-order chi connectivity index (χ1) is 10.6. The average Bonchev–Trinajstić information content (AvgIpc) is 2.99. The average molecular weight is 438 g/mol. The van der Waals surface area contributed by atoms with Crippen LogP contribution in [-0.4, -0.2) is 39.2 Å². The van der Waals surface area contributed by atoms with Crippen molar-refractivity contribution in [2.75, 3.05) is 38.1 Å². The van der Waals surface area contributed by atoms with E-state index in [1.165, 1.54) is 12.1 Å². The highest BCUT2D eigenvalue weighted by Crippen LogP contribution is 2.24. The summed E-state index contributed by atoms with van der Waals surface area (Å²) in [5.74, 6) is -0.309. The molecular formula is C16H25F2IN4. The zero-order chi connectivity index (χ0) is 15.9. The number of hydrogen-bond donors (Lipinski definition) is 2. The van der Waals surface area contributed by atoms with Crippen LogP contribution >= 0.6 is 24.0 Å². The van der Waals surface area contributed by atoms with Gasteiger partial charge in [-0.1, -0.05) is 6.92 Å². The second-order valence-electron chi connectivity index (χ2n) is 5.58. The van der Waals surface area contributed by atoms with Gasteiger partial charge in [-0.3, -0.25) is 4.99 Å². The van der Waals surface area contributed by atoms with Gasteiger partial charge in [0.1, 0.15) is 0 Å². The molecule has 1 atom stereocenters. The zero-order valence-corrected chi connectivity index (χ0v) is 15.9. The van der Waals surface area contributed by atoms with Crippen molar-refractivity contribution in [1.29, 1.82) is 0 Å². The Kier molecular flexibility index (Phi) is 8.57. The van der Waals surface area contributed by atoms with E-state index in [1.54, 1.807) is 13.1 Å². The first-order valence-corrected chi connectivity index (χ1v) is 7.78. The standard InChI is InChI=1S/C16H24F2N4.HI/c1-3-7-20-16(19-2)21-10-12-6-8-22(11-12)13-4-5-14(17)15(18)9-13;/h4-5,9,12H,3,6-8,10-11H2,1-2H3,(H2,19,20,21);1H. The minimum absolute atomic E-state index is 0. The Bertz CT molecular complexity index is 525. The fraction of sp³-hybridized carbons (Fsp3) is 0.562. The third-order valence-corrected chi connectivity index (χ3v) is 3.88. The Morgan fingerprint density at radius 3 is 2.74 bits per heavy atom. The van der Waals surface area contributed by atoms with Gasteiger partial charge in [-0.2, -0.15) is 0 Å². The van der Waals surface area contributed by atoms with Crippen molar-refractivity contribution >= 4 is 35.6 Å². The number of aliphatic imine (C=N–C) groups is 1. The van der Waals surface area contributed by atoms with Gasteiger partial charge in [0.05, 0.1) is 0 Å². The van der Waals surface area contributed by atoms with E-state index < -0.39 is 11.6 Å². The lowest BCUT2D eigenvalue weighted by atomic mass is 10.1. The fourth-order valence-electron chi connectivity index (χ4n) is 2.62. The summed E-state index contributed by atoms with van der Waals surface area (Å²) < 4.78 is 26.3. The SMILES string of the molecule is CCCNC(=NC)NCC1CCN(c2ccc(F)c(F)c2)C1.I. The first-order valence-electron chi connectivity index (χ1n) is 7.78. The van der Waals surface area contributed by atoms with Gasteiger partial charge in [-0.15, -0.1) is 24.0 Å². The maximum Gasteiger partial charge on any atom is 0.190 e. The number of halogens is 3. The molecular weight excluding hydrogens is 413 g/mol. The van der Waals surface area contributed by atoms with Gasteiger partial charge in [0.2, 0.25) is 0 Å². The monoisotopic (exact) mass is 438 g/mol. The second kappa shape index (κ2) is 9.89. The second-order valence-corrected chi connectivity index (χ2v) is 5.58. The molecule has 1 saturated heterocycles. The lowest BCUT2D eigenvalue weighted by Gasteiger charge is -2.19.